The van der Waals surface area contributed by atoms with Gasteiger partial charge in [-0.05, 0) is 66.6 Å². The summed E-state index contributed by atoms with van der Waals surface area (Å²) < 4.78 is 30.5. The first-order chi connectivity index (χ1) is 16.1. The number of hydrogen-bond acceptors (Lipinski definition) is 3. The number of aromatic nitrogens is 3. The summed E-state index contributed by atoms with van der Waals surface area (Å²) in [6.07, 6.45) is 4.78. The van der Waals surface area contributed by atoms with Gasteiger partial charge in [0, 0.05) is 32.6 Å². The summed E-state index contributed by atoms with van der Waals surface area (Å²) in [7, 11) is 0. The van der Waals surface area contributed by atoms with Crippen molar-refractivity contribution in [2.24, 2.45) is 0 Å². The molecule has 180 valence electrons. The average molecular weight is 487 g/mol. The van der Waals surface area contributed by atoms with Gasteiger partial charge in [0.05, 0.1) is 6.54 Å². The number of benzene rings is 2. The molecule has 5 rings (SSSR count). The molecule has 0 atom stereocenters. The molecule has 2 aromatic carbocycles. The fourth-order valence-electron chi connectivity index (χ4n) is 4.93. The van der Waals surface area contributed by atoms with E-state index in [2.05, 4.69) is 10.00 Å². The number of nitrogens with zero attached hydrogens (tertiary/aromatic N) is 4. The summed E-state index contributed by atoms with van der Waals surface area (Å²) in [4.78, 5) is 14.9. The van der Waals surface area contributed by atoms with E-state index in [4.69, 9.17) is 0 Å². The Hall–Kier alpha value is -2.77. The number of aryl methyl sites for hydroxylation is 1. The lowest BCUT2D eigenvalue weighted by atomic mass is 9.88. The molecule has 8 heteroatoms. The summed E-state index contributed by atoms with van der Waals surface area (Å²) in [6.45, 7) is 3.92. The molecule has 0 saturated carbocycles. The van der Waals surface area contributed by atoms with Crippen LogP contribution in [0.15, 0.2) is 58.9 Å². The fourth-order valence-corrected chi connectivity index (χ4v) is 4.93. The van der Waals surface area contributed by atoms with Crippen molar-refractivity contribution in [1.29, 1.82) is 0 Å². The Bertz CT molecular complexity index is 1160. The lowest BCUT2D eigenvalue weighted by Crippen LogP contribution is -2.36. The van der Waals surface area contributed by atoms with Crippen LogP contribution < -0.4 is 5.69 Å². The van der Waals surface area contributed by atoms with Gasteiger partial charge in [0.2, 0.25) is 0 Å². The Labute approximate surface area is 204 Å². The van der Waals surface area contributed by atoms with Crippen LogP contribution in [0, 0.1) is 11.6 Å². The minimum atomic E-state index is -0.270. The van der Waals surface area contributed by atoms with Crippen LogP contribution >= 0.6 is 12.4 Å². The Morgan fingerprint density at radius 1 is 0.794 bits per heavy atom. The molecule has 0 N–H and O–H groups in total. The highest BCUT2D eigenvalue weighted by atomic mass is 35.5. The zero-order valence-corrected chi connectivity index (χ0v) is 19.9. The zero-order valence-electron chi connectivity index (χ0n) is 19.1. The highest BCUT2D eigenvalue weighted by Gasteiger charge is 2.21. The quantitative estimate of drug-likeness (QED) is 0.526. The van der Waals surface area contributed by atoms with E-state index in [9.17, 15) is 13.6 Å². The molecule has 3 aromatic rings. The Morgan fingerprint density at radius 2 is 1.38 bits per heavy atom. The molecular formula is C26H29ClF2N4O. The molecule has 1 aromatic heterocycles. The van der Waals surface area contributed by atoms with Gasteiger partial charge in [0.25, 0.3) is 0 Å². The summed E-state index contributed by atoms with van der Waals surface area (Å²) in [5.41, 5.74) is 4.26. The van der Waals surface area contributed by atoms with E-state index in [1.54, 1.807) is 28.9 Å². The minimum Gasteiger partial charge on any atom is -0.301 e. The summed E-state index contributed by atoms with van der Waals surface area (Å²) >= 11 is 0. The Balaban J connectivity index is 0.00000274. The van der Waals surface area contributed by atoms with Crippen LogP contribution in [0.25, 0.3) is 5.57 Å². The van der Waals surface area contributed by atoms with Crippen LogP contribution in [0.3, 0.4) is 0 Å². The lowest BCUT2D eigenvalue weighted by Gasteiger charge is -2.30. The number of rotatable bonds is 5. The zero-order chi connectivity index (χ0) is 22.8. The van der Waals surface area contributed by atoms with Crippen molar-refractivity contribution >= 4 is 18.0 Å². The molecule has 2 aliphatic rings. The van der Waals surface area contributed by atoms with E-state index >= 15 is 0 Å². The highest BCUT2D eigenvalue weighted by molar-refractivity contribution is 5.85. The highest BCUT2D eigenvalue weighted by Crippen LogP contribution is 2.32. The van der Waals surface area contributed by atoms with Crippen LogP contribution in [0.1, 0.15) is 42.6 Å². The molecule has 0 aliphatic carbocycles. The Morgan fingerprint density at radius 3 is 1.94 bits per heavy atom. The largest absolute Gasteiger partial charge is 0.345 e. The molecule has 0 spiro atoms. The van der Waals surface area contributed by atoms with Gasteiger partial charge < -0.3 is 4.90 Å². The van der Waals surface area contributed by atoms with Crippen molar-refractivity contribution in [3.63, 3.8) is 0 Å². The number of likely N-dealkylation sites (tertiary alicyclic amines) is 1. The van der Waals surface area contributed by atoms with Crippen molar-refractivity contribution in [3.8, 4) is 0 Å². The second-order valence-electron chi connectivity index (χ2n) is 8.86. The maximum absolute atomic E-state index is 13.5. The molecule has 1 saturated heterocycles. The number of fused-ring (bicyclic) bond motifs is 1. The van der Waals surface area contributed by atoms with Gasteiger partial charge in [0.15, 0.2) is 0 Å². The molecule has 0 amide bonds. The number of halogens is 3. The van der Waals surface area contributed by atoms with Crippen LogP contribution in [-0.4, -0.2) is 38.9 Å². The average Bonchev–Trinajstić information content (AvgIpc) is 3.17. The molecule has 0 radical (unpaired) electrons. The van der Waals surface area contributed by atoms with Crippen molar-refractivity contribution < 1.29 is 8.78 Å². The predicted molar refractivity (Wildman–Crippen MR) is 131 cm³/mol. The van der Waals surface area contributed by atoms with Crippen LogP contribution in [0.4, 0.5) is 8.78 Å². The molecule has 5 nitrogen and oxygen atoms in total. The van der Waals surface area contributed by atoms with E-state index in [0.29, 0.717) is 6.54 Å². The summed E-state index contributed by atoms with van der Waals surface area (Å²) in [5.74, 6) is 0.375. The second kappa shape index (κ2) is 10.7. The van der Waals surface area contributed by atoms with Gasteiger partial charge in [0.1, 0.15) is 17.5 Å². The van der Waals surface area contributed by atoms with E-state index in [1.807, 2.05) is 4.57 Å². The number of piperidine rings is 1. The second-order valence-corrected chi connectivity index (χ2v) is 8.86. The van der Waals surface area contributed by atoms with E-state index in [-0.39, 0.29) is 29.7 Å². The van der Waals surface area contributed by atoms with Crippen LogP contribution in [0.5, 0.6) is 0 Å². The van der Waals surface area contributed by atoms with E-state index in [1.165, 1.54) is 29.8 Å². The molecule has 34 heavy (non-hydrogen) atoms. The lowest BCUT2D eigenvalue weighted by molar-refractivity contribution is 0.242. The fraction of sp³-hybridized carbons (Fsp3) is 0.385. The summed E-state index contributed by atoms with van der Waals surface area (Å²) in [5, 5.41) is 4.54. The van der Waals surface area contributed by atoms with Crippen molar-refractivity contribution in [2.75, 3.05) is 19.6 Å². The first kappa shape index (κ1) is 24.4. The van der Waals surface area contributed by atoms with Crippen LogP contribution in [0.2, 0.25) is 0 Å². The van der Waals surface area contributed by atoms with E-state index in [0.717, 1.165) is 80.8 Å². The molecule has 0 bridgehead atoms. The molecule has 2 aliphatic heterocycles. The first-order valence-electron chi connectivity index (χ1n) is 11.7. The maximum Gasteiger partial charge on any atom is 0.345 e. The molecule has 3 heterocycles. The molecule has 1 fully saturated rings. The van der Waals surface area contributed by atoms with Crippen LogP contribution in [-0.2, 0) is 19.5 Å². The number of hydrogen-bond donors (Lipinski definition) is 0. The topological polar surface area (TPSA) is 43.1 Å². The third-order valence-corrected chi connectivity index (χ3v) is 6.74. The minimum absolute atomic E-state index is 0. The normalized spacial score (nSPS) is 16.1. The Kier molecular flexibility index (Phi) is 7.63. The third kappa shape index (κ3) is 5.15. The van der Waals surface area contributed by atoms with E-state index < -0.39 is 0 Å². The van der Waals surface area contributed by atoms with Gasteiger partial charge in [-0.1, -0.05) is 29.8 Å². The van der Waals surface area contributed by atoms with Gasteiger partial charge in [-0.3, -0.25) is 4.57 Å². The van der Waals surface area contributed by atoms with Gasteiger partial charge in [-0.25, -0.2) is 18.3 Å². The smallest absolute Gasteiger partial charge is 0.301 e. The van der Waals surface area contributed by atoms with Crippen molar-refractivity contribution in [2.45, 2.75) is 45.2 Å². The monoisotopic (exact) mass is 486 g/mol. The third-order valence-electron chi connectivity index (χ3n) is 6.74. The van der Waals surface area contributed by atoms with Crippen molar-refractivity contribution in [1.82, 2.24) is 19.2 Å². The predicted octanol–water partition coefficient (Wildman–Crippen LogP) is 4.68. The molecule has 0 unspecified atom stereocenters. The first-order valence-corrected chi connectivity index (χ1v) is 11.7. The summed E-state index contributed by atoms with van der Waals surface area (Å²) in [6, 6.07) is 13.0. The standard InChI is InChI=1S/C26H28F2N4O.ClH/c27-22-8-4-19(5-9-22)25(20-6-10-23(28)11-7-20)21-12-15-30(16-13-21)17-18-32-26(33)31-14-2-1-3-24(31)29-32;/h4-11H,1-3,12-18H2;1H. The SMILES string of the molecule is Cl.O=c1n(CCN2CCC(=C(c3ccc(F)cc3)c3ccc(F)cc3)CC2)nc2n1CCCC2. The van der Waals surface area contributed by atoms with Crippen molar-refractivity contribution in [3.05, 3.63) is 93.2 Å². The van der Waals surface area contributed by atoms with Gasteiger partial charge >= 0.3 is 5.69 Å². The maximum atomic E-state index is 13.5. The van der Waals surface area contributed by atoms with Gasteiger partial charge in [-0.15, -0.1) is 12.4 Å². The van der Waals surface area contributed by atoms with Gasteiger partial charge in [-0.2, -0.15) is 5.10 Å². The molecular weight excluding hydrogens is 458 g/mol.